The number of ether oxygens (including phenoxy) is 1. The first-order valence-electron chi connectivity index (χ1n) is 9.34. The van der Waals surface area contributed by atoms with Gasteiger partial charge in [0.25, 0.3) is 0 Å². The molecule has 4 rings (SSSR count). The molecule has 2 heterocycles. The van der Waals surface area contributed by atoms with Gasteiger partial charge in [-0.05, 0) is 31.2 Å². The molecule has 0 spiro atoms. The summed E-state index contributed by atoms with van der Waals surface area (Å²) in [7, 11) is 0. The molecule has 0 radical (unpaired) electrons. The molecule has 1 N–H and O–H groups in total. The molecule has 152 valence electrons. The number of carbonyl (C=O) groups is 1. The average molecular weight is 421 g/mol. The summed E-state index contributed by atoms with van der Waals surface area (Å²) >= 11 is 1.40. The molecule has 0 unspecified atom stereocenters. The van der Waals surface area contributed by atoms with Gasteiger partial charge in [-0.3, -0.25) is 4.79 Å². The Kier molecular flexibility index (Phi) is 5.80. The Morgan fingerprint density at radius 3 is 2.70 bits per heavy atom. The van der Waals surface area contributed by atoms with Crippen molar-refractivity contribution in [3.8, 4) is 5.75 Å². The Morgan fingerprint density at radius 2 is 1.90 bits per heavy atom. The molecule has 0 fully saturated rings. The highest BCUT2D eigenvalue weighted by atomic mass is 32.2. The standard InChI is InChI=1S/C21H19N5O3S/c1-2-29-17-11-7-6-10-16(17)23-18(27)14-26-21(28)25-13-12-22-20(19(25)24-26)30-15-8-4-3-5-9-15/h3-13H,2,14H2,1H3,(H,23,27). The molecule has 0 aliphatic heterocycles. The fourth-order valence-corrected chi connectivity index (χ4v) is 3.74. The third kappa shape index (κ3) is 4.20. The molecule has 2 aromatic carbocycles. The van der Waals surface area contributed by atoms with Crippen LogP contribution in [0.1, 0.15) is 6.92 Å². The first kappa shape index (κ1) is 19.7. The Hall–Kier alpha value is -3.59. The van der Waals surface area contributed by atoms with E-state index in [1.165, 1.54) is 16.2 Å². The highest BCUT2D eigenvalue weighted by Gasteiger charge is 2.16. The first-order valence-corrected chi connectivity index (χ1v) is 10.2. The van der Waals surface area contributed by atoms with E-state index in [0.29, 0.717) is 28.7 Å². The lowest BCUT2D eigenvalue weighted by Crippen LogP contribution is -2.28. The number of benzene rings is 2. The van der Waals surface area contributed by atoms with Crippen LogP contribution in [0.4, 0.5) is 5.69 Å². The fourth-order valence-electron chi connectivity index (χ4n) is 2.88. The van der Waals surface area contributed by atoms with Gasteiger partial charge in [0.15, 0.2) is 5.65 Å². The van der Waals surface area contributed by atoms with Gasteiger partial charge >= 0.3 is 5.69 Å². The molecule has 0 aliphatic carbocycles. The predicted octanol–water partition coefficient (Wildman–Crippen LogP) is 3.08. The number of carbonyl (C=O) groups excluding carboxylic acids is 1. The Bertz CT molecular complexity index is 1240. The Balaban J connectivity index is 1.58. The molecule has 0 atom stereocenters. The molecule has 0 saturated carbocycles. The van der Waals surface area contributed by atoms with E-state index >= 15 is 0 Å². The number of hydrogen-bond acceptors (Lipinski definition) is 6. The first-order chi connectivity index (χ1) is 14.7. The second kappa shape index (κ2) is 8.83. The van der Waals surface area contributed by atoms with E-state index < -0.39 is 5.69 Å². The summed E-state index contributed by atoms with van der Waals surface area (Å²) in [6.45, 7) is 2.12. The van der Waals surface area contributed by atoms with Crippen LogP contribution >= 0.6 is 11.8 Å². The maximum absolute atomic E-state index is 12.7. The zero-order valence-electron chi connectivity index (χ0n) is 16.2. The minimum Gasteiger partial charge on any atom is -0.492 e. The molecule has 8 nitrogen and oxygen atoms in total. The van der Waals surface area contributed by atoms with E-state index in [0.717, 1.165) is 9.58 Å². The quantitative estimate of drug-likeness (QED) is 0.493. The lowest BCUT2D eigenvalue weighted by atomic mass is 10.3. The van der Waals surface area contributed by atoms with Gasteiger partial charge in [-0.25, -0.2) is 18.9 Å². The molecule has 2 aromatic heterocycles. The third-order valence-electron chi connectivity index (χ3n) is 4.18. The summed E-state index contributed by atoms with van der Waals surface area (Å²) in [5.41, 5.74) is 0.539. The molecular formula is C21H19N5O3S. The van der Waals surface area contributed by atoms with Gasteiger partial charge in [-0.15, -0.1) is 5.10 Å². The summed E-state index contributed by atoms with van der Waals surface area (Å²) in [5, 5.41) is 7.70. The number of nitrogens with one attached hydrogen (secondary N) is 1. The Labute approximate surface area is 176 Å². The molecule has 0 aliphatic rings. The van der Waals surface area contributed by atoms with Gasteiger partial charge in [0.2, 0.25) is 5.91 Å². The van der Waals surface area contributed by atoms with Crippen LogP contribution in [-0.2, 0) is 11.3 Å². The number of rotatable bonds is 7. The van der Waals surface area contributed by atoms with Crippen molar-refractivity contribution in [2.24, 2.45) is 0 Å². The van der Waals surface area contributed by atoms with Crippen molar-refractivity contribution in [1.82, 2.24) is 19.2 Å². The van der Waals surface area contributed by atoms with Crippen molar-refractivity contribution in [2.45, 2.75) is 23.4 Å². The van der Waals surface area contributed by atoms with E-state index in [1.807, 2.05) is 43.3 Å². The number of anilines is 1. The van der Waals surface area contributed by atoms with Crippen molar-refractivity contribution in [3.05, 3.63) is 77.5 Å². The second-order valence-corrected chi connectivity index (χ2v) is 7.32. The van der Waals surface area contributed by atoms with Gasteiger partial charge in [-0.1, -0.05) is 42.1 Å². The van der Waals surface area contributed by atoms with Crippen molar-refractivity contribution in [3.63, 3.8) is 0 Å². The van der Waals surface area contributed by atoms with Crippen LogP contribution in [-0.4, -0.2) is 31.7 Å². The summed E-state index contributed by atoms with van der Waals surface area (Å²) in [5.74, 6) is 0.194. The van der Waals surface area contributed by atoms with E-state index in [1.54, 1.807) is 30.6 Å². The minimum atomic E-state index is -0.407. The van der Waals surface area contributed by atoms with Gasteiger partial charge in [-0.2, -0.15) is 0 Å². The number of fused-ring (bicyclic) bond motifs is 1. The predicted molar refractivity (Wildman–Crippen MR) is 114 cm³/mol. The van der Waals surface area contributed by atoms with Gasteiger partial charge < -0.3 is 10.1 Å². The van der Waals surface area contributed by atoms with E-state index in [4.69, 9.17) is 4.74 Å². The van der Waals surface area contributed by atoms with Crippen LogP contribution in [0, 0.1) is 0 Å². The SMILES string of the molecule is CCOc1ccccc1NC(=O)Cn1nc2c(Sc3ccccc3)nccn2c1=O. The third-order valence-corrected chi connectivity index (χ3v) is 5.17. The fraction of sp³-hybridized carbons (Fsp3) is 0.143. The van der Waals surface area contributed by atoms with Crippen LogP contribution in [0.3, 0.4) is 0 Å². The molecule has 4 aromatic rings. The maximum atomic E-state index is 12.7. The molecule has 0 saturated heterocycles. The lowest BCUT2D eigenvalue weighted by Gasteiger charge is -2.10. The van der Waals surface area contributed by atoms with Crippen LogP contribution in [0.25, 0.3) is 5.65 Å². The summed E-state index contributed by atoms with van der Waals surface area (Å²) < 4.78 is 8.04. The lowest BCUT2D eigenvalue weighted by molar-refractivity contribution is -0.117. The largest absolute Gasteiger partial charge is 0.492 e. The summed E-state index contributed by atoms with van der Waals surface area (Å²) in [6, 6.07) is 16.8. The summed E-state index contributed by atoms with van der Waals surface area (Å²) in [6.07, 6.45) is 3.09. The topological polar surface area (TPSA) is 90.5 Å². The number of nitrogens with zero attached hydrogens (tertiary/aromatic N) is 4. The number of para-hydroxylation sites is 2. The molecular weight excluding hydrogens is 402 g/mol. The molecule has 1 amide bonds. The van der Waals surface area contributed by atoms with Gasteiger partial charge in [0, 0.05) is 17.3 Å². The van der Waals surface area contributed by atoms with Gasteiger partial charge in [0.1, 0.15) is 17.3 Å². The Morgan fingerprint density at radius 1 is 1.13 bits per heavy atom. The van der Waals surface area contributed by atoms with E-state index in [-0.39, 0.29) is 12.5 Å². The monoisotopic (exact) mass is 421 g/mol. The minimum absolute atomic E-state index is 0.226. The van der Waals surface area contributed by atoms with Crippen molar-refractivity contribution < 1.29 is 9.53 Å². The maximum Gasteiger partial charge on any atom is 0.350 e. The van der Waals surface area contributed by atoms with E-state index in [2.05, 4.69) is 15.4 Å². The normalized spacial score (nSPS) is 10.8. The smallest absolute Gasteiger partial charge is 0.350 e. The number of hydrogen-bond donors (Lipinski definition) is 1. The van der Waals surface area contributed by atoms with Crippen molar-refractivity contribution >= 4 is 29.0 Å². The number of amides is 1. The molecule has 0 bridgehead atoms. The number of aromatic nitrogens is 4. The zero-order valence-corrected chi connectivity index (χ0v) is 17.0. The molecule has 9 heteroatoms. The highest BCUT2D eigenvalue weighted by molar-refractivity contribution is 7.99. The van der Waals surface area contributed by atoms with Crippen molar-refractivity contribution in [1.29, 1.82) is 0 Å². The van der Waals surface area contributed by atoms with Crippen LogP contribution in [0.15, 0.2) is 81.7 Å². The average Bonchev–Trinajstić information content (AvgIpc) is 3.07. The van der Waals surface area contributed by atoms with Crippen LogP contribution < -0.4 is 15.7 Å². The second-order valence-electron chi connectivity index (χ2n) is 6.26. The zero-order chi connectivity index (χ0) is 20.9. The van der Waals surface area contributed by atoms with Gasteiger partial charge in [0.05, 0.1) is 12.3 Å². The van der Waals surface area contributed by atoms with Crippen molar-refractivity contribution in [2.75, 3.05) is 11.9 Å². The highest BCUT2D eigenvalue weighted by Crippen LogP contribution is 2.27. The molecule has 30 heavy (non-hydrogen) atoms. The van der Waals surface area contributed by atoms with E-state index in [9.17, 15) is 9.59 Å². The summed E-state index contributed by atoms with van der Waals surface area (Å²) in [4.78, 5) is 30.6. The van der Waals surface area contributed by atoms with Crippen LogP contribution in [0.2, 0.25) is 0 Å². The van der Waals surface area contributed by atoms with Crippen LogP contribution in [0.5, 0.6) is 5.75 Å².